The number of carboxylic acids is 1. The van der Waals surface area contributed by atoms with Crippen molar-refractivity contribution in [2.45, 2.75) is 36.9 Å². The lowest BCUT2D eigenvalue weighted by Gasteiger charge is -2.47. The Bertz CT molecular complexity index is 666. The first-order valence-electron chi connectivity index (χ1n) is 7.84. The number of ether oxygens (including phenoxy) is 1. The van der Waals surface area contributed by atoms with Gasteiger partial charge >= 0.3 is 5.97 Å². The molecule has 3 atom stereocenters. The predicted molar refractivity (Wildman–Crippen MR) is 89.2 cm³/mol. The number of hydrogen-bond donors (Lipinski definition) is 2. The van der Waals surface area contributed by atoms with Gasteiger partial charge in [-0.3, -0.25) is 19.3 Å². The van der Waals surface area contributed by atoms with Gasteiger partial charge in [0.25, 0.3) is 6.47 Å². The van der Waals surface area contributed by atoms with Gasteiger partial charge in [0.05, 0.1) is 0 Å². The largest absolute Gasteiger partial charge is 0.480 e. The number of likely N-dealkylation sites (N-methyl/N-ethyl adjacent to an activating group) is 1. The molecule has 0 radical (unpaired) electrons. The molecule has 1 aromatic carbocycles. The Balaban J connectivity index is 2.58. The number of aliphatic hydroxyl groups is 1. The number of carboxylic acid groups (broad SMARTS) is 1. The van der Waals surface area contributed by atoms with Crippen LogP contribution in [0.2, 0.25) is 5.02 Å². The fourth-order valence-electron chi connectivity index (χ4n) is 3.43. The number of aliphatic carboxylic acids is 1. The maximum Gasteiger partial charge on any atom is 0.324 e. The Morgan fingerprint density at radius 1 is 1.52 bits per heavy atom. The molecule has 25 heavy (non-hydrogen) atoms. The molecular weight excluding hydrogens is 350 g/mol. The second-order valence-electron chi connectivity index (χ2n) is 6.01. The van der Waals surface area contributed by atoms with E-state index in [0.29, 0.717) is 29.8 Å². The SMILES string of the molecule is CN([C@@H](COC=O)C(=O)O)[C@@]1(c2ccccc2Cl)CCC[C@@H](O)C1=O. The molecule has 0 saturated heterocycles. The van der Waals surface area contributed by atoms with Gasteiger partial charge in [-0.2, -0.15) is 0 Å². The predicted octanol–water partition coefficient (Wildman–Crippen LogP) is 1.21. The number of aliphatic hydroxyl groups excluding tert-OH is 1. The van der Waals surface area contributed by atoms with Gasteiger partial charge in [0, 0.05) is 5.02 Å². The first-order valence-corrected chi connectivity index (χ1v) is 8.22. The van der Waals surface area contributed by atoms with Gasteiger partial charge in [0.1, 0.15) is 24.3 Å². The van der Waals surface area contributed by atoms with Crippen LogP contribution < -0.4 is 0 Å². The maximum atomic E-state index is 13.0. The number of rotatable bonds is 7. The molecule has 2 N–H and O–H groups in total. The summed E-state index contributed by atoms with van der Waals surface area (Å²) in [6, 6.07) is 5.39. The maximum absolute atomic E-state index is 13.0. The van der Waals surface area contributed by atoms with Crippen molar-refractivity contribution in [1.29, 1.82) is 0 Å². The van der Waals surface area contributed by atoms with E-state index >= 15 is 0 Å². The number of nitrogens with zero attached hydrogens (tertiary/aromatic N) is 1. The molecule has 0 spiro atoms. The highest BCUT2D eigenvalue weighted by Gasteiger charge is 2.52. The summed E-state index contributed by atoms with van der Waals surface area (Å²) in [6.45, 7) is -0.269. The van der Waals surface area contributed by atoms with Crippen LogP contribution in [0.1, 0.15) is 24.8 Å². The molecule has 0 aromatic heterocycles. The summed E-state index contributed by atoms with van der Waals surface area (Å²) in [5, 5.41) is 20.0. The molecule has 0 amide bonds. The Labute approximate surface area is 150 Å². The topological polar surface area (TPSA) is 104 Å². The average Bonchev–Trinajstić information content (AvgIpc) is 2.58. The molecule has 2 rings (SSSR count). The summed E-state index contributed by atoms with van der Waals surface area (Å²) in [4.78, 5) is 36.5. The zero-order valence-corrected chi connectivity index (χ0v) is 14.5. The molecule has 0 unspecified atom stereocenters. The van der Waals surface area contributed by atoms with Crippen LogP contribution in [0.4, 0.5) is 0 Å². The van der Waals surface area contributed by atoms with Crippen LogP contribution >= 0.6 is 11.6 Å². The fourth-order valence-corrected chi connectivity index (χ4v) is 3.72. The summed E-state index contributed by atoms with van der Waals surface area (Å²) in [7, 11) is 1.46. The van der Waals surface area contributed by atoms with E-state index in [1.54, 1.807) is 24.3 Å². The molecule has 1 aromatic rings. The highest BCUT2D eigenvalue weighted by atomic mass is 35.5. The Kier molecular flexibility index (Phi) is 6.16. The molecule has 7 nitrogen and oxygen atoms in total. The second kappa shape index (κ2) is 7.95. The van der Waals surface area contributed by atoms with Gasteiger partial charge in [0.15, 0.2) is 5.78 Å². The van der Waals surface area contributed by atoms with Gasteiger partial charge in [-0.25, -0.2) is 0 Å². The number of hydrogen-bond acceptors (Lipinski definition) is 6. The third kappa shape index (κ3) is 3.53. The Morgan fingerprint density at radius 2 is 2.20 bits per heavy atom. The van der Waals surface area contributed by atoms with E-state index in [4.69, 9.17) is 11.6 Å². The molecular formula is C17H20ClNO6. The summed E-state index contributed by atoms with van der Waals surface area (Å²) in [5.41, 5.74) is -0.981. The van der Waals surface area contributed by atoms with Crippen molar-refractivity contribution in [2.24, 2.45) is 0 Å². The Hall–Kier alpha value is -1.96. The minimum Gasteiger partial charge on any atom is -0.480 e. The van der Waals surface area contributed by atoms with Crippen LogP contribution in [0.15, 0.2) is 24.3 Å². The molecule has 0 heterocycles. The fraction of sp³-hybridized carbons (Fsp3) is 0.471. The van der Waals surface area contributed by atoms with E-state index in [1.165, 1.54) is 11.9 Å². The average molecular weight is 370 g/mol. The number of benzene rings is 1. The molecule has 1 aliphatic rings. The lowest BCUT2D eigenvalue weighted by atomic mass is 9.72. The van der Waals surface area contributed by atoms with Crippen molar-refractivity contribution in [3.8, 4) is 0 Å². The second-order valence-corrected chi connectivity index (χ2v) is 6.41. The van der Waals surface area contributed by atoms with Gasteiger partial charge in [-0.1, -0.05) is 29.8 Å². The van der Waals surface area contributed by atoms with Crippen LogP contribution in [0.3, 0.4) is 0 Å². The van der Waals surface area contributed by atoms with Crippen molar-refractivity contribution in [1.82, 2.24) is 4.90 Å². The monoisotopic (exact) mass is 369 g/mol. The lowest BCUT2D eigenvalue weighted by molar-refractivity contribution is -0.158. The van der Waals surface area contributed by atoms with Crippen LogP contribution in [0.25, 0.3) is 0 Å². The highest BCUT2D eigenvalue weighted by molar-refractivity contribution is 6.31. The number of carbonyl (C=O) groups excluding carboxylic acids is 2. The zero-order valence-electron chi connectivity index (χ0n) is 13.7. The van der Waals surface area contributed by atoms with E-state index < -0.39 is 36.0 Å². The van der Waals surface area contributed by atoms with Crippen LogP contribution in [-0.2, 0) is 24.7 Å². The molecule has 1 fully saturated rings. The minimum absolute atomic E-state index is 0.156. The normalized spacial score (nSPS) is 24.8. The van der Waals surface area contributed by atoms with E-state index in [1.807, 2.05) is 0 Å². The van der Waals surface area contributed by atoms with Crippen molar-refractivity contribution in [3.63, 3.8) is 0 Å². The zero-order chi connectivity index (χ0) is 18.6. The first kappa shape index (κ1) is 19.4. The number of carbonyl (C=O) groups is 3. The lowest BCUT2D eigenvalue weighted by Crippen LogP contribution is -2.61. The van der Waals surface area contributed by atoms with Gasteiger partial charge in [-0.15, -0.1) is 0 Å². The van der Waals surface area contributed by atoms with Gasteiger partial charge in [0.2, 0.25) is 0 Å². The quantitative estimate of drug-likeness (QED) is 0.696. The van der Waals surface area contributed by atoms with Crippen LogP contribution in [0.5, 0.6) is 0 Å². The number of Topliss-reactive ketones (excluding diaryl/α,β-unsaturated/α-hetero) is 1. The third-order valence-electron chi connectivity index (χ3n) is 4.72. The van der Waals surface area contributed by atoms with Crippen LogP contribution in [-0.4, -0.2) is 59.1 Å². The van der Waals surface area contributed by atoms with Crippen molar-refractivity contribution in [2.75, 3.05) is 13.7 Å². The molecule has 0 aliphatic heterocycles. The summed E-state index contributed by atoms with van der Waals surface area (Å²) < 4.78 is 4.63. The molecule has 0 bridgehead atoms. The van der Waals surface area contributed by atoms with Gasteiger partial charge < -0.3 is 14.9 Å². The number of ketones is 1. The summed E-state index contributed by atoms with van der Waals surface area (Å²) in [6.07, 6.45) is -0.0902. The van der Waals surface area contributed by atoms with Crippen molar-refractivity contribution < 1.29 is 29.3 Å². The van der Waals surface area contributed by atoms with E-state index in [2.05, 4.69) is 4.74 Å². The standard InChI is InChI=1S/C17H20ClNO6/c1-19(13(16(23)24)9-25-10-20)17(8-4-7-14(21)15(17)22)11-5-2-3-6-12(11)18/h2-3,5-6,10,13-14,21H,4,7-9H2,1H3,(H,23,24)/t13-,14+,17+/m0/s1. The highest BCUT2D eigenvalue weighted by Crippen LogP contribution is 2.43. The molecule has 1 saturated carbocycles. The smallest absolute Gasteiger partial charge is 0.324 e. The molecule has 136 valence electrons. The molecule has 1 aliphatic carbocycles. The first-order chi connectivity index (χ1) is 11.9. The van der Waals surface area contributed by atoms with Gasteiger partial charge in [-0.05, 0) is 37.9 Å². The van der Waals surface area contributed by atoms with E-state index in [-0.39, 0.29) is 6.47 Å². The molecule has 8 heteroatoms. The number of halogens is 1. The summed E-state index contributed by atoms with van der Waals surface area (Å²) in [5.74, 6) is -1.75. The van der Waals surface area contributed by atoms with E-state index in [0.717, 1.165) is 0 Å². The van der Waals surface area contributed by atoms with Crippen molar-refractivity contribution in [3.05, 3.63) is 34.9 Å². The third-order valence-corrected chi connectivity index (χ3v) is 5.05. The van der Waals surface area contributed by atoms with Crippen LogP contribution in [0, 0.1) is 0 Å². The summed E-state index contributed by atoms with van der Waals surface area (Å²) >= 11 is 6.30. The van der Waals surface area contributed by atoms with Crippen molar-refractivity contribution >= 4 is 29.8 Å². The van der Waals surface area contributed by atoms with E-state index in [9.17, 15) is 24.6 Å². The minimum atomic E-state index is -1.41. The Morgan fingerprint density at radius 3 is 2.80 bits per heavy atom.